The van der Waals surface area contributed by atoms with Crippen molar-refractivity contribution >= 4 is 0 Å². The van der Waals surface area contributed by atoms with E-state index in [0.717, 1.165) is 11.6 Å². The summed E-state index contributed by atoms with van der Waals surface area (Å²) >= 11 is 0. The second-order valence-corrected chi connectivity index (χ2v) is 5.43. The lowest BCUT2D eigenvalue weighted by Crippen LogP contribution is -2.25. The Bertz CT molecular complexity index is 573. The molecule has 0 fully saturated rings. The standard InChI is InChI=1S/C17H18F3N/c1-11(2)17(13-3-5-14(18)6-4-13)21-10-12-7-15(19)9-16(20)8-12/h3-9,11,17,21H,10H2,1-2H3. The molecule has 2 aromatic carbocycles. The SMILES string of the molecule is CC(C)C(NCc1cc(F)cc(F)c1)c1ccc(F)cc1. The van der Waals surface area contributed by atoms with Crippen LogP contribution in [0.1, 0.15) is 31.0 Å². The largest absolute Gasteiger partial charge is 0.306 e. The van der Waals surface area contributed by atoms with Gasteiger partial charge in [-0.2, -0.15) is 0 Å². The van der Waals surface area contributed by atoms with Crippen LogP contribution in [0.5, 0.6) is 0 Å². The Kier molecular flexibility index (Phi) is 5.02. The molecule has 0 saturated carbocycles. The van der Waals surface area contributed by atoms with Crippen LogP contribution in [0.15, 0.2) is 42.5 Å². The zero-order valence-electron chi connectivity index (χ0n) is 12.0. The third-order valence-electron chi connectivity index (χ3n) is 3.34. The normalized spacial score (nSPS) is 12.7. The molecule has 2 rings (SSSR count). The van der Waals surface area contributed by atoms with Gasteiger partial charge in [0.1, 0.15) is 17.5 Å². The van der Waals surface area contributed by atoms with Gasteiger partial charge in [0.25, 0.3) is 0 Å². The molecule has 21 heavy (non-hydrogen) atoms. The molecule has 1 unspecified atom stereocenters. The van der Waals surface area contributed by atoms with Crippen molar-refractivity contribution in [3.63, 3.8) is 0 Å². The number of hydrogen-bond donors (Lipinski definition) is 1. The van der Waals surface area contributed by atoms with Gasteiger partial charge >= 0.3 is 0 Å². The Balaban J connectivity index is 2.11. The van der Waals surface area contributed by atoms with Gasteiger partial charge in [0.15, 0.2) is 0 Å². The topological polar surface area (TPSA) is 12.0 Å². The van der Waals surface area contributed by atoms with Crippen LogP contribution >= 0.6 is 0 Å². The molecule has 4 heteroatoms. The highest BCUT2D eigenvalue weighted by Gasteiger charge is 2.15. The summed E-state index contributed by atoms with van der Waals surface area (Å²) in [5.41, 5.74) is 1.49. The van der Waals surface area contributed by atoms with E-state index >= 15 is 0 Å². The first-order valence-corrected chi connectivity index (χ1v) is 6.89. The Morgan fingerprint density at radius 3 is 1.95 bits per heavy atom. The molecule has 0 saturated heterocycles. The third kappa shape index (κ3) is 4.33. The molecule has 0 aliphatic rings. The minimum absolute atomic E-state index is 0.0167. The van der Waals surface area contributed by atoms with Crippen LogP contribution in [0.4, 0.5) is 13.2 Å². The van der Waals surface area contributed by atoms with Crippen LogP contribution < -0.4 is 5.32 Å². The molecule has 0 radical (unpaired) electrons. The minimum atomic E-state index is -0.588. The highest BCUT2D eigenvalue weighted by molar-refractivity contribution is 5.22. The van der Waals surface area contributed by atoms with Crippen molar-refractivity contribution in [2.75, 3.05) is 0 Å². The van der Waals surface area contributed by atoms with Gasteiger partial charge in [0, 0.05) is 18.7 Å². The highest BCUT2D eigenvalue weighted by Crippen LogP contribution is 2.22. The maximum atomic E-state index is 13.2. The molecule has 1 N–H and O–H groups in total. The van der Waals surface area contributed by atoms with Crippen LogP contribution in [0.25, 0.3) is 0 Å². The molecular formula is C17H18F3N. The second-order valence-electron chi connectivity index (χ2n) is 5.43. The van der Waals surface area contributed by atoms with E-state index in [1.807, 2.05) is 13.8 Å². The van der Waals surface area contributed by atoms with E-state index in [1.54, 1.807) is 12.1 Å². The minimum Gasteiger partial charge on any atom is -0.306 e. The lowest BCUT2D eigenvalue weighted by atomic mass is 9.95. The van der Waals surface area contributed by atoms with Gasteiger partial charge in [-0.1, -0.05) is 26.0 Å². The zero-order chi connectivity index (χ0) is 15.4. The van der Waals surface area contributed by atoms with E-state index in [9.17, 15) is 13.2 Å². The molecule has 0 amide bonds. The monoisotopic (exact) mass is 293 g/mol. The van der Waals surface area contributed by atoms with Crippen molar-refractivity contribution in [1.29, 1.82) is 0 Å². The molecule has 1 nitrogen and oxygen atoms in total. The predicted octanol–water partition coefficient (Wildman–Crippen LogP) is 4.59. The van der Waals surface area contributed by atoms with Crippen molar-refractivity contribution in [3.05, 3.63) is 71.0 Å². The summed E-state index contributed by atoms with van der Waals surface area (Å²) in [5, 5.41) is 3.27. The number of benzene rings is 2. The molecule has 0 aromatic heterocycles. The van der Waals surface area contributed by atoms with Crippen LogP contribution in [0, 0.1) is 23.4 Å². The Morgan fingerprint density at radius 1 is 0.857 bits per heavy atom. The summed E-state index contributed by atoms with van der Waals surface area (Å²) in [6.45, 7) is 4.41. The fourth-order valence-electron chi connectivity index (χ4n) is 2.35. The average Bonchev–Trinajstić information content (AvgIpc) is 2.39. The number of rotatable bonds is 5. The van der Waals surface area contributed by atoms with Crippen molar-refractivity contribution in [2.24, 2.45) is 5.92 Å². The zero-order valence-corrected chi connectivity index (χ0v) is 12.0. The summed E-state index contributed by atoms with van der Waals surface area (Å²) in [6, 6.07) is 9.71. The van der Waals surface area contributed by atoms with E-state index in [4.69, 9.17) is 0 Å². The molecule has 2 aromatic rings. The lowest BCUT2D eigenvalue weighted by molar-refractivity contribution is 0.409. The van der Waals surface area contributed by atoms with E-state index in [0.29, 0.717) is 12.1 Å². The quantitative estimate of drug-likeness (QED) is 0.850. The predicted molar refractivity (Wildman–Crippen MR) is 77.2 cm³/mol. The number of hydrogen-bond acceptors (Lipinski definition) is 1. The average molecular weight is 293 g/mol. The Morgan fingerprint density at radius 2 is 1.43 bits per heavy atom. The summed E-state index contributed by atoms with van der Waals surface area (Å²) in [7, 11) is 0. The van der Waals surface area contributed by atoms with E-state index in [-0.39, 0.29) is 17.8 Å². The molecule has 0 bridgehead atoms. The summed E-state index contributed by atoms with van der Waals surface area (Å²) in [4.78, 5) is 0. The maximum Gasteiger partial charge on any atom is 0.126 e. The van der Waals surface area contributed by atoms with Crippen molar-refractivity contribution in [1.82, 2.24) is 5.32 Å². The van der Waals surface area contributed by atoms with Crippen molar-refractivity contribution in [2.45, 2.75) is 26.4 Å². The van der Waals surface area contributed by atoms with Gasteiger partial charge < -0.3 is 5.32 Å². The molecule has 1 atom stereocenters. The number of nitrogens with one attached hydrogen (secondary N) is 1. The first-order chi connectivity index (χ1) is 9.95. The number of halogens is 3. The first-order valence-electron chi connectivity index (χ1n) is 6.89. The van der Waals surface area contributed by atoms with Gasteiger partial charge in [-0.15, -0.1) is 0 Å². The molecule has 0 heterocycles. The second kappa shape index (κ2) is 6.76. The van der Waals surface area contributed by atoms with Crippen LogP contribution in [0.3, 0.4) is 0 Å². The Hall–Kier alpha value is -1.81. The molecule has 0 aliphatic heterocycles. The van der Waals surface area contributed by atoms with Gasteiger partial charge in [-0.25, -0.2) is 13.2 Å². The fraction of sp³-hybridized carbons (Fsp3) is 0.294. The smallest absolute Gasteiger partial charge is 0.126 e. The lowest BCUT2D eigenvalue weighted by Gasteiger charge is -2.23. The molecule has 0 spiro atoms. The van der Waals surface area contributed by atoms with E-state index < -0.39 is 11.6 Å². The fourth-order valence-corrected chi connectivity index (χ4v) is 2.35. The van der Waals surface area contributed by atoms with Gasteiger partial charge in [0.05, 0.1) is 0 Å². The summed E-state index contributed by atoms with van der Waals surface area (Å²) in [5.74, 6) is -1.20. The molecule has 0 aliphatic carbocycles. The van der Waals surface area contributed by atoms with Crippen LogP contribution in [-0.4, -0.2) is 0 Å². The maximum absolute atomic E-state index is 13.2. The highest BCUT2D eigenvalue weighted by atomic mass is 19.1. The van der Waals surface area contributed by atoms with Gasteiger partial charge in [0.2, 0.25) is 0 Å². The van der Waals surface area contributed by atoms with E-state index in [1.165, 1.54) is 24.3 Å². The molecule has 112 valence electrons. The third-order valence-corrected chi connectivity index (χ3v) is 3.34. The Labute approximate surface area is 122 Å². The van der Waals surface area contributed by atoms with Gasteiger partial charge in [-0.05, 0) is 41.3 Å². The van der Waals surface area contributed by atoms with E-state index in [2.05, 4.69) is 5.32 Å². The van der Waals surface area contributed by atoms with Gasteiger partial charge in [-0.3, -0.25) is 0 Å². The van der Waals surface area contributed by atoms with Crippen molar-refractivity contribution in [3.8, 4) is 0 Å². The van der Waals surface area contributed by atoms with Crippen molar-refractivity contribution < 1.29 is 13.2 Å². The van der Waals surface area contributed by atoms with Crippen LogP contribution in [0.2, 0.25) is 0 Å². The van der Waals surface area contributed by atoms with Crippen LogP contribution in [-0.2, 0) is 6.54 Å². The molecular weight excluding hydrogens is 275 g/mol. The summed E-state index contributed by atoms with van der Waals surface area (Å²) < 4.78 is 39.3. The first kappa shape index (κ1) is 15.6. The summed E-state index contributed by atoms with van der Waals surface area (Å²) in [6.07, 6.45) is 0.